The van der Waals surface area contributed by atoms with Gasteiger partial charge in [0.15, 0.2) is 0 Å². The second-order valence-electron chi connectivity index (χ2n) is 4.26. The van der Waals surface area contributed by atoms with E-state index in [2.05, 4.69) is 19.2 Å². The number of rotatable bonds is 8. The van der Waals surface area contributed by atoms with Gasteiger partial charge in [-0.1, -0.05) is 20.3 Å². The molecule has 1 N–H and O–H groups in total. The summed E-state index contributed by atoms with van der Waals surface area (Å²) in [5.74, 6) is 0.931. The Morgan fingerprint density at radius 1 is 1.29 bits per heavy atom. The van der Waals surface area contributed by atoms with Crippen molar-refractivity contribution in [2.45, 2.75) is 52.0 Å². The van der Waals surface area contributed by atoms with Crippen LogP contribution < -0.4 is 5.32 Å². The van der Waals surface area contributed by atoms with Crippen LogP contribution in [0.4, 0.5) is 0 Å². The van der Waals surface area contributed by atoms with Gasteiger partial charge >= 0.3 is 0 Å². The van der Waals surface area contributed by atoms with Gasteiger partial charge in [-0.15, -0.1) is 0 Å². The van der Waals surface area contributed by atoms with Crippen molar-refractivity contribution in [3.8, 4) is 0 Å². The fourth-order valence-corrected chi connectivity index (χ4v) is 2.07. The average Bonchev–Trinajstić information content (AvgIpc) is 2.10. The second kappa shape index (κ2) is 7.24. The topological polar surface area (TPSA) is 21.3 Å². The predicted molar refractivity (Wildman–Crippen MR) is 60.5 cm³/mol. The molecule has 1 unspecified atom stereocenters. The summed E-state index contributed by atoms with van der Waals surface area (Å²) < 4.78 is 5.54. The molecule has 0 saturated heterocycles. The predicted octanol–water partition coefficient (Wildman–Crippen LogP) is 2.58. The first-order valence-electron chi connectivity index (χ1n) is 6.19. The number of ether oxygens (including phenoxy) is 1. The third-order valence-corrected chi connectivity index (χ3v) is 3.11. The molecule has 14 heavy (non-hydrogen) atoms. The van der Waals surface area contributed by atoms with Crippen molar-refractivity contribution in [2.24, 2.45) is 5.92 Å². The molecule has 0 aromatic rings. The van der Waals surface area contributed by atoms with E-state index in [1.165, 1.54) is 25.7 Å². The highest BCUT2D eigenvalue weighted by Gasteiger charge is 2.25. The summed E-state index contributed by atoms with van der Waals surface area (Å²) in [7, 11) is 0. The normalized spacial score (nSPS) is 19.3. The molecule has 0 radical (unpaired) electrons. The molecule has 0 spiro atoms. The van der Waals surface area contributed by atoms with Gasteiger partial charge in [-0.2, -0.15) is 0 Å². The van der Waals surface area contributed by atoms with Crippen LogP contribution in [0.15, 0.2) is 0 Å². The van der Waals surface area contributed by atoms with E-state index in [9.17, 15) is 0 Å². The molecule has 0 bridgehead atoms. The molecular weight excluding hydrogens is 174 g/mol. The maximum atomic E-state index is 5.54. The van der Waals surface area contributed by atoms with Crippen LogP contribution in [0.3, 0.4) is 0 Å². The van der Waals surface area contributed by atoms with Gasteiger partial charge in [0.25, 0.3) is 0 Å². The lowest BCUT2D eigenvalue weighted by Gasteiger charge is -2.34. The minimum absolute atomic E-state index is 0.714. The van der Waals surface area contributed by atoms with Crippen LogP contribution in [0.5, 0.6) is 0 Å². The molecule has 1 aliphatic rings. The van der Waals surface area contributed by atoms with Gasteiger partial charge in [-0.05, 0) is 38.1 Å². The Morgan fingerprint density at radius 2 is 2.07 bits per heavy atom. The van der Waals surface area contributed by atoms with Crippen molar-refractivity contribution in [3.05, 3.63) is 0 Å². The van der Waals surface area contributed by atoms with E-state index in [0.717, 1.165) is 32.1 Å². The first-order valence-corrected chi connectivity index (χ1v) is 6.19. The van der Waals surface area contributed by atoms with Crippen LogP contribution in [-0.2, 0) is 4.74 Å². The molecule has 1 saturated carbocycles. The summed E-state index contributed by atoms with van der Waals surface area (Å²) in [6.45, 7) is 7.30. The van der Waals surface area contributed by atoms with E-state index in [1.54, 1.807) is 0 Å². The van der Waals surface area contributed by atoms with E-state index < -0.39 is 0 Å². The van der Waals surface area contributed by atoms with Crippen molar-refractivity contribution in [2.75, 3.05) is 19.8 Å². The van der Waals surface area contributed by atoms with Gasteiger partial charge in [-0.3, -0.25) is 0 Å². The first kappa shape index (κ1) is 12.0. The third kappa shape index (κ3) is 3.97. The summed E-state index contributed by atoms with van der Waals surface area (Å²) >= 11 is 0. The summed E-state index contributed by atoms with van der Waals surface area (Å²) in [5, 5.41) is 3.58. The summed E-state index contributed by atoms with van der Waals surface area (Å²) in [6, 6.07) is 0.714. The lowest BCUT2D eigenvalue weighted by atomic mass is 9.78. The van der Waals surface area contributed by atoms with E-state index in [4.69, 9.17) is 4.74 Å². The highest BCUT2D eigenvalue weighted by atomic mass is 16.5. The smallest absolute Gasteiger partial charge is 0.0480 e. The Balaban J connectivity index is 2.08. The van der Waals surface area contributed by atoms with Crippen molar-refractivity contribution in [1.29, 1.82) is 0 Å². The van der Waals surface area contributed by atoms with Crippen LogP contribution in [0, 0.1) is 5.92 Å². The standard InChI is InChI=1S/C12H25NO/c1-3-9-14-10-8-12(13-4-2)11-6-5-7-11/h11-13H,3-10H2,1-2H3. The van der Waals surface area contributed by atoms with Crippen molar-refractivity contribution in [1.82, 2.24) is 5.32 Å². The molecule has 84 valence electrons. The van der Waals surface area contributed by atoms with Gasteiger partial charge in [0.1, 0.15) is 0 Å². The SMILES string of the molecule is CCCOCCC(NCC)C1CCC1. The van der Waals surface area contributed by atoms with Gasteiger partial charge in [0, 0.05) is 19.3 Å². The maximum Gasteiger partial charge on any atom is 0.0480 e. The maximum absolute atomic E-state index is 5.54. The molecule has 1 fully saturated rings. The number of nitrogens with one attached hydrogen (secondary N) is 1. The van der Waals surface area contributed by atoms with E-state index in [0.29, 0.717) is 6.04 Å². The van der Waals surface area contributed by atoms with Crippen LogP contribution in [0.1, 0.15) is 46.0 Å². The Kier molecular flexibility index (Phi) is 6.20. The quantitative estimate of drug-likeness (QED) is 0.607. The molecule has 2 nitrogen and oxygen atoms in total. The summed E-state index contributed by atoms with van der Waals surface area (Å²) in [6.07, 6.45) is 6.60. The Morgan fingerprint density at radius 3 is 2.57 bits per heavy atom. The van der Waals surface area contributed by atoms with Gasteiger partial charge in [-0.25, -0.2) is 0 Å². The zero-order valence-corrected chi connectivity index (χ0v) is 9.72. The van der Waals surface area contributed by atoms with Crippen molar-refractivity contribution in [3.63, 3.8) is 0 Å². The highest BCUT2D eigenvalue weighted by molar-refractivity contribution is 4.82. The molecule has 0 aromatic carbocycles. The molecule has 0 amide bonds. The Bertz CT molecular complexity index is 134. The zero-order chi connectivity index (χ0) is 10.2. The van der Waals surface area contributed by atoms with Crippen LogP contribution in [0.2, 0.25) is 0 Å². The van der Waals surface area contributed by atoms with E-state index in [1.807, 2.05) is 0 Å². The van der Waals surface area contributed by atoms with Crippen molar-refractivity contribution >= 4 is 0 Å². The van der Waals surface area contributed by atoms with Gasteiger partial charge in [0.2, 0.25) is 0 Å². The molecule has 0 aromatic heterocycles. The summed E-state index contributed by atoms with van der Waals surface area (Å²) in [4.78, 5) is 0. The second-order valence-corrected chi connectivity index (χ2v) is 4.26. The zero-order valence-electron chi connectivity index (χ0n) is 9.72. The molecule has 1 atom stereocenters. The lowest BCUT2D eigenvalue weighted by molar-refractivity contribution is 0.107. The molecule has 0 aliphatic heterocycles. The van der Waals surface area contributed by atoms with Gasteiger partial charge < -0.3 is 10.1 Å². The molecule has 0 heterocycles. The molecule has 1 aliphatic carbocycles. The average molecular weight is 199 g/mol. The first-order chi connectivity index (χ1) is 6.88. The molecule has 2 heteroatoms. The van der Waals surface area contributed by atoms with E-state index >= 15 is 0 Å². The van der Waals surface area contributed by atoms with Gasteiger partial charge in [0.05, 0.1) is 0 Å². The lowest BCUT2D eigenvalue weighted by Crippen LogP contribution is -2.40. The number of hydrogen-bond acceptors (Lipinski definition) is 2. The highest BCUT2D eigenvalue weighted by Crippen LogP contribution is 2.30. The van der Waals surface area contributed by atoms with Crippen LogP contribution in [-0.4, -0.2) is 25.8 Å². The fraction of sp³-hybridized carbons (Fsp3) is 1.00. The van der Waals surface area contributed by atoms with Crippen LogP contribution >= 0.6 is 0 Å². The molecular formula is C12H25NO. The Hall–Kier alpha value is -0.0800. The Labute approximate surface area is 88.4 Å². The minimum Gasteiger partial charge on any atom is -0.381 e. The van der Waals surface area contributed by atoms with Crippen molar-refractivity contribution < 1.29 is 4.74 Å². The third-order valence-electron chi connectivity index (χ3n) is 3.11. The molecule has 1 rings (SSSR count). The number of hydrogen-bond donors (Lipinski definition) is 1. The van der Waals surface area contributed by atoms with E-state index in [-0.39, 0.29) is 0 Å². The summed E-state index contributed by atoms with van der Waals surface area (Å²) in [5.41, 5.74) is 0. The fourth-order valence-electron chi connectivity index (χ4n) is 2.07. The minimum atomic E-state index is 0.714. The largest absolute Gasteiger partial charge is 0.381 e. The van der Waals surface area contributed by atoms with Crippen LogP contribution in [0.25, 0.3) is 0 Å². The monoisotopic (exact) mass is 199 g/mol.